The Kier molecular flexibility index (Phi) is 5.11. The molecule has 0 aliphatic carbocycles. The topological polar surface area (TPSA) is 84.4 Å². The van der Waals surface area contributed by atoms with Crippen molar-refractivity contribution >= 4 is 29.2 Å². The number of nitrogens with one attached hydrogen (secondary N) is 1. The van der Waals surface area contributed by atoms with Gasteiger partial charge in [-0.05, 0) is 35.9 Å². The highest BCUT2D eigenvalue weighted by Gasteiger charge is 2.11. The Hall–Kier alpha value is -3.12. The summed E-state index contributed by atoms with van der Waals surface area (Å²) in [5.74, 6) is 0.393. The molecule has 0 fully saturated rings. The Balaban J connectivity index is 1.74. The van der Waals surface area contributed by atoms with Gasteiger partial charge in [0, 0.05) is 7.11 Å². The molecule has 0 saturated heterocycles. The summed E-state index contributed by atoms with van der Waals surface area (Å²) in [5, 5.41) is 9.21. The van der Waals surface area contributed by atoms with Gasteiger partial charge in [-0.15, -0.1) is 0 Å². The Morgan fingerprint density at radius 2 is 1.96 bits per heavy atom. The second kappa shape index (κ2) is 7.63. The monoisotopic (exact) mass is 338 g/mol. The van der Waals surface area contributed by atoms with Gasteiger partial charge in [0.05, 0.1) is 17.7 Å². The molecular weight excluding hydrogens is 320 g/mol. The van der Waals surface area contributed by atoms with Crippen LogP contribution in [-0.2, 0) is 4.74 Å². The van der Waals surface area contributed by atoms with Gasteiger partial charge in [0.1, 0.15) is 23.7 Å². The first-order valence-electron chi connectivity index (χ1n) is 7.79. The molecule has 0 spiro atoms. The summed E-state index contributed by atoms with van der Waals surface area (Å²) in [6.07, 6.45) is 3.71. The number of hydrogen-bond acceptors (Lipinski definition) is 4. The normalized spacial score (nSPS) is 11.2. The molecule has 25 heavy (non-hydrogen) atoms. The molecule has 0 saturated carbocycles. The number of carbonyl (C=O) groups is 1. The number of aromatic amines is 1. The lowest BCUT2D eigenvalue weighted by Gasteiger charge is -2.05. The minimum absolute atomic E-state index is 0.186. The van der Waals surface area contributed by atoms with E-state index in [-0.39, 0.29) is 5.56 Å². The Labute approximate surface area is 144 Å². The van der Waals surface area contributed by atoms with E-state index in [0.717, 1.165) is 11.3 Å². The lowest BCUT2D eigenvalue weighted by atomic mass is 10.2. The first-order valence-corrected chi connectivity index (χ1v) is 7.79. The number of aromatic nitrogens is 2. The number of hydrogen-bond donors (Lipinski definition) is 2. The van der Waals surface area contributed by atoms with Crippen LogP contribution in [0.5, 0.6) is 5.75 Å². The van der Waals surface area contributed by atoms with Gasteiger partial charge < -0.3 is 19.6 Å². The molecule has 0 atom stereocenters. The number of nitrogens with zero attached hydrogens (tertiary/aromatic N) is 1. The molecule has 0 bridgehead atoms. The van der Waals surface area contributed by atoms with Crippen LogP contribution in [0.4, 0.5) is 0 Å². The van der Waals surface area contributed by atoms with Crippen molar-refractivity contribution < 1.29 is 19.4 Å². The van der Waals surface area contributed by atoms with Crippen LogP contribution in [0.15, 0.2) is 42.5 Å². The van der Waals surface area contributed by atoms with E-state index in [1.54, 1.807) is 25.3 Å². The number of benzene rings is 2. The molecule has 2 aromatic carbocycles. The zero-order chi connectivity index (χ0) is 17.6. The van der Waals surface area contributed by atoms with Crippen LogP contribution in [0.3, 0.4) is 0 Å². The van der Waals surface area contributed by atoms with Crippen LogP contribution in [0.1, 0.15) is 21.7 Å². The SMILES string of the molecule is COCCOc1ccc(/C=C/c2nc3c(C(=O)O)cccc3[nH]2)cc1. The zero-order valence-corrected chi connectivity index (χ0v) is 13.7. The van der Waals surface area contributed by atoms with E-state index >= 15 is 0 Å². The van der Waals surface area contributed by atoms with E-state index in [4.69, 9.17) is 9.47 Å². The van der Waals surface area contributed by atoms with Crippen molar-refractivity contribution in [2.75, 3.05) is 20.3 Å². The largest absolute Gasteiger partial charge is 0.491 e. The van der Waals surface area contributed by atoms with Gasteiger partial charge in [-0.1, -0.05) is 24.3 Å². The first-order chi connectivity index (χ1) is 12.2. The summed E-state index contributed by atoms with van der Waals surface area (Å²) in [6, 6.07) is 12.7. The summed E-state index contributed by atoms with van der Waals surface area (Å²) in [7, 11) is 1.63. The number of imidazole rings is 1. The summed E-state index contributed by atoms with van der Waals surface area (Å²) >= 11 is 0. The third-order valence-corrected chi connectivity index (χ3v) is 3.63. The van der Waals surface area contributed by atoms with E-state index in [9.17, 15) is 9.90 Å². The van der Waals surface area contributed by atoms with Crippen molar-refractivity contribution in [3.8, 4) is 5.75 Å². The molecule has 2 N–H and O–H groups in total. The fraction of sp³-hybridized carbons (Fsp3) is 0.158. The van der Waals surface area contributed by atoms with Gasteiger partial charge in [-0.2, -0.15) is 0 Å². The molecule has 0 aliphatic rings. The number of methoxy groups -OCH3 is 1. The summed E-state index contributed by atoms with van der Waals surface area (Å²) in [4.78, 5) is 18.7. The minimum Gasteiger partial charge on any atom is -0.491 e. The van der Waals surface area contributed by atoms with Gasteiger partial charge in [0.25, 0.3) is 0 Å². The molecule has 6 heteroatoms. The number of rotatable bonds is 7. The van der Waals surface area contributed by atoms with Crippen LogP contribution in [-0.4, -0.2) is 41.4 Å². The standard InChI is InChI=1S/C19H18N2O4/c1-24-11-12-25-14-8-5-13(6-9-14)7-10-17-20-16-4-2-3-15(19(22)23)18(16)21-17/h2-10H,11-12H2,1H3,(H,20,21)(H,22,23)/b10-7+. The molecule has 1 aromatic heterocycles. The van der Waals surface area contributed by atoms with Gasteiger partial charge in [-0.25, -0.2) is 9.78 Å². The summed E-state index contributed by atoms with van der Waals surface area (Å²) in [6.45, 7) is 1.06. The predicted molar refractivity (Wildman–Crippen MR) is 95.8 cm³/mol. The average molecular weight is 338 g/mol. The Morgan fingerprint density at radius 3 is 2.68 bits per heavy atom. The van der Waals surface area contributed by atoms with E-state index in [1.807, 2.05) is 36.4 Å². The number of aromatic carboxylic acids is 1. The molecule has 128 valence electrons. The van der Waals surface area contributed by atoms with Crippen LogP contribution < -0.4 is 4.74 Å². The number of carboxylic acids is 1. The maximum absolute atomic E-state index is 11.2. The second-order valence-electron chi connectivity index (χ2n) is 5.37. The van der Waals surface area contributed by atoms with Gasteiger partial charge in [0.2, 0.25) is 0 Å². The third-order valence-electron chi connectivity index (χ3n) is 3.63. The van der Waals surface area contributed by atoms with E-state index in [2.05, 4.69) is 9.97 Å². The zero-order valence-electron chi connectivity index (χ0n) is 13.7. The molecule has 0 unspecified atom stereocenters. The summed E-state index contributed by atoms with van der Waals surface area (Å²) in [5.41, 5.74) is 2.32. The Bertz CT molecular complexity index is 897. The fourth-order valence-electron chi connectivity index (χ4n) is 2.40. The third kappa shape index (κ3) is 4.05. The number of carboxylic acid groups (broad SMARTS) is 1. The number of H-pyrrole nitrogens is 1. The number of ether oxygens (including phenoxy) is 2. The Morgan fingerprint density at radius 1 is 1.16 bits per heavy atom. The number of para-hydroxylation sites is 1. The summed E-state index contributed by atoms with van der Waals surface area (Å²) < 4.78 is 10.5. The average Bonchev–Trinajstić information content (AvgIpc) is 3.04. The van der Waals surface area contributed by atoms with Crippen molar-refractivity contribution in [3.05, 3.63) is 59.4 Å². The molecule has 0 amide bonds. The fourth-order valence-corrected chi connectivity index (χ4v) is 2.40. The van der Waals surface area contributed by atoms with Gasteiger partial charge >= 0.3 is 5.97 Å². The molecule has 6 nitrogen and oxygen atoms in total. The highest BCUT2D eigenvalue weighted by atomic mass is 16.5. The van der Waals surface area contributed by atoms with Crippen LogP contribution in [0.25, 0.3) is 23.2 Å². The lowest BCUT2D eigenvalue weighted by Crippen LogP contribution is -2.03. The second-order valence-corrected chi connectivity index (χ2v) is 5.37. The van der Waals surface area contributed by atoms with Crippen LogP contribution in [0, 0.1) is 0 Å². The smallest absolute Gasteiger partial charge is 0.337 e. The van der Waals surface area contributed by atoms with Crippen molar-refractivity contribution in [2.24, 2.45) is 0 Å². The molecule has 1 heterocycles. The number of fused-ring (bicyclic) bond motifs is 1. The van der Waals surface area contributed by atoms with E-state index < -0.39 is 5.97 Å². The first kappa shape index (κ1) is 16.7. The molecular formula is C19H18N2O4. The van der Waals surface area contributed by atoms with Crippen molar-refractivity contribution in [3.63, 3.8) is 0 Å². The maximum atomic E-state index is 11.2. The van der Waals surface area contributed by atoms with E-state index in [1.165, 1.54) is 0 Å². The van der Waals surface area contributed by atoms with Crippen LogP contribution >= 0.6 is 0 Å². The lowest BCUT2D eigenvalue weighted by molar-refractivity contribution is 0.0699. The van der Waals surface area contributed by atoms with Gasteiger partial charge in [0.15, 0.2) is 0 Å². The quantitative estimate of drug-likeness (QED) is 0.645. The maximum Gasteiger partial charge on any atom is 0.337 e. The highest BCUT2D eigenvalue weighted by Crippen LogP contribution is 2.18. The minimum atomic E-state index is -0.989. The van der Waals surface area contributed by atoms with Crippen molar-refractivity contribution in [2.45, 2.75) is 0 Å². The highest BCUT2D eigenvalue weighted by molar-refractivity contribution is 6.01. The molecule has 0 radical (unpaired) electrons. The predicted octanol–water partition coefficient (Wildman–Crippen LogP) is 3.46. The molecule has 3 rings (SSSR count). The van der Waals surface area contributed by atoms with Crippen LogP contribution in [0.2, 0.25) is 0 Å². The van der Waals surface area contributed by atoms with E-state index in [0.29, 0.717) is 30.1 Å². The molecule has 0 aliphatic heterocycles. The van der Waals surface area contributed by atoms with Crippen molar-refractivity contribution in [1.82, 2.24) is 9.97 Å². The van der Waals surface area contributed by atoms with Gasteiger partial charge in [-0.3, -0.25) is 0 Å². The molecule has 3 aromatic rings. The van der Waals surface area contributed by atoms with Crippen molar-refractivity contribution in [1.29, 1.82) is 0 Å².